The molecule has 0 bridgehead atoms. The minimum Gasteiger partial charge on any atom is -0.483 e. The van der Waals surface area contributed by atoms with Gasteiger partial charge in [0.1, 0.15) is 5.75 Å². The van der Waals surface area contributed by atoms with Crippen molar-refractivity contribution in [1.82, 2.24) is 5.32 Å². The van der Waals surface area contributed by atoms with E-state index in [0.717, 1.165) is 4.47 Å². The van der Waals surface area contributed by atoms with Gasteiger partial charge in [-0.3, -0.25) is 9.59 Å². The monoisotopic (exact) mass is 406 g/mol. The van der Waals surface area contributed by atoms with Gasteiger partial charge in [-0.25, -0.2) is 0 Å². The van der Waals surface area contributed by atoms with Gasteiger partial charge in [0.05, 0.1) is 5.56 Å². The topological polar surface area (TPSA) is 87.7 Å². The van der Waals surface area contributed by atoms with E-state index >= 15 is 0 Å². The molecule has 132 valence electrons. The minimum atomic E-state index is -0.321. The molecule has 2 rings (SSSR count). The Balaban J connectivity index is 1.92. The van der Waals surface area contributed by atoms with E-state index in [1.54, 1.807) is 36.4 Å². The lowest BCUT2D eigenvalue weighted by atomic mass is 10.2. The predicted molar refractivity (Wildman–Crippen MR) is 98.7 cm³/mol. The van der Waals surface area contributed by atoms with Gasteiger partial charge in [0.2, 0.25) is 0 Å². The minimum absolute atomic E-state index is 0.00859. The molecule has 25 heavy (non-hydrogen) atoms. The zero-order valence-corrected chi connectivity index (χ0v) is 15.1. The molecule has 0 heterocycles. The zero-order chi connectivity index (χ0) is 18.1. The second kappa shape index (κ2) is 9.80. The van der Waals surface area contributed by atoms with Crippen molar-refractivity contribution >= 4 is 33.4 Å². The number of benzene rings is 2. The molecule has 3 N–H and O–H groups in total. The Bertz CT molecular complexity index is 719. The van der Waals surface area contributed by atoms with E-state index in [-0.39, 0.29) is 25.0 Å². The van der Waals surface area contributed by atoms with Crippen molar-refractivity contribution in [2.75, 3.05) is 25.1 Å². The van der Waals surface area contributed by atoms with E-state index in [1.165, 1.54) is 0 Å². The average molecular weight is 407 g/mol. The number of aliphatic hydroxyl groups is 1. The molecule has 0 spiro atoms. The number of anilines is 1. The summed E-state index contributed by atoms with van der Waals surface area (Å²) in [6.07, 6.45) is 0.477. The fourth-order valence-electron chi connectivity index (χ4n) is 2.03. The first-order chi connectivity index (χ1) is 12.1. The first-order valence-corrected chi connectivity index (χ1v) is 8.56. The van der Waals surface area contributed by atoms with Crippen LogP contribution in [0.2, 0.25) is 0 Å². The summed E-state index contributed by atoms with van der Waals surface area (Å²) < 4.78 is 6.41. The van der Waals surface area contributed by atoms with Crippen LogP contribution in [0.3, 0.4) is 0 Å². The fourth-order valence-corrected chi connectivity index (χ4v) is 2.29. The van der Waals surface area contributed by atoms with Crippen molar-refractivity contribution in [2.24, 2.45) is 0 Å². The van der Waals surface area contributed by atoms with Crippen LogP contribution in [0.4, 0.5) is 5.69 Å². The van der Waals surface area contributed by atoms with E-state index in [1.807, 2.05) is 12.1 Å². The fraction of sp³-hybridized carbons (Fsp3) is 0.222. The number of rotatable bonds is 8. The number of amides is 2. The molecule has 0 aliphatic rings. The highest BCUT2D eigenvalue weighted by Gasteiger charge is 2.13. The second-order valence-corrected chi connectivity index (χ2v) is 6.09. The maximum atomic E-state index is 12.1. The third-order valence-electron chi connectivity index (χ3n) is 3.24. The van der Waals surface area contributed by atoms with Gasteiger partial charge < -0.3 is 20.5 Å². The summed E-state index contributed by atoms with van der Waals surface area (Å²) in [5.41, 5.74) is 1.00. The van der Waals surface area contributed by atoms with Crippen LogP contribution in [-0.2, 0) is 4.79 Å². The number of ether oxygens (including phenoxy) is 1. The lowest BCUT2D eigenvalue weighted by Gasteiger charge is -2.12. The van der Waals surface area contributed by atoms with Crippen molar-refractivity contribution in [3.05, 3.63) is 58.6 Å². The van der Waals surface area contributed by atoms with Crippen LogP contribution in [0.5, 0.6) is 5.75 Å². The Kier molecular flexibility index (Phi) is 7.43. The van der Waals surface area contributed by atoms with Crippen LogP contribution in [0.15, 0.2) is 53.0 Å². The van der Waals surface area contributed by atoms with Gasteiger partial charge in [0.25, 0.3) is 11.8 Å². The Hall–Kier alpha value is -2.38. The molecular weight excluding hydrogens is 388 g/mol. The molecule has 0 fully saturated rings. The molecular formula is C18H19BrN2O4. The first-order valence-electron chi connectivity index (χ1n) is 7.76. The van der Waals surface area contributed by atoms with Crippen LogP contribution < -0.4 is 15.4 Å². The molecule has 0 aliphatic carbocycles. The van der Waals surface area contributed by atoms with Gasteiger partial charge in [0.15, 0.2) is 6.61 Å². The first kappa shape index (κ1) is 19.0. The molecule has 0 unspecified atom stereocenters. The maximum Gasteiger partial charge on any atom is 0.262 e. The predicted octanol–water partition coefficient (Wildman–Crippen LogP) is 2.58. The highest BCUT2D eigenvalue weighted by Crippen LogP contribution is 2.18. The SMILES string of the molecule is O=C(COc1ccccc1C(=O)NCCCO)Nc1ccc(Br)cc1. The lowest BCUT2D eigenvalue weighted by Crippen LogP contribution is -2.26. The summed E-state index contributed by atoms with van der Waals surface area (Å²) >= 11 is 3.33. The van der Waals surface area contributed by atoms with Crippen molar-refractivity contribution in [2.45, 2.75) is 6.42 Å². The van der Waals surface area contributed by atoms with Crippen LogP contribution in [0.1, 0.15) is 16.8 Å². The van der Waals surface area contributed by atoms with Gasteiger partial charge >= 0.3 is 0 Å². The molecule has 0 saturated carbocycles. The lowest BCUT2D eigenvalue weighted by molar-refractivity contribution is -0.118. The molecule has 7 heteroatoms. The third-order valence-corrected chi connectivity index (χ3v) is 3.77. The number of hydrogen-bond acceptors (Lipinski definition) is 4. The number of aliphatic hydroxyl groups excluding tert-OH is 1. The highest BCUT2D eigenvalue weighted by atomic mass is 79.9. The smallest absolute Gasteiger partial charge is 0.262 e. The summed E-state index contributed by atoms with van der Waals surface area (Å²) in [7, 11) is 0. The molecule has 6 nitrogen and oxygen atoms in total. The number of carbonyl (C=O) groups excluding carboxylic acids is 2. The number of halogens is 1. The normalized spacial score (nSPS) is 10.2. The highest BCUT2D eigenvalue weighted by molar-refractivity contribution is 9.10. The quantitative estimate of drug-likeness (QED) is 0.587. The van der Waals surface area contributed by atoms with E-state index in [0.29, 0.717) is 30.0 Å². The maximum absolute atomic E-state index is 12.1. The number of para-hydroxylation sites is 1. The molecule has 2 aromatic rings. The van der Waals surface area contributed by atoms with E-state index < -0.39 is 0 Å². The third kappa shape index (κ3) is 6.21. The number of carbonyl (C=O) groups is 2. The summed E-state index contributed by atoms with van der Waals surface area (Å²) in [6, 6.07) is 13.9. The zero-order valence-electron chi connectivity index (χ0n) is 13.5. The Labute approximate surface area is 154 Å². The summed E-state index contributed by atoms with van der Waals surface area (Å²) in [5, 5.41) is 14.2. The summed E-state index contributed by atoms with van der Waals surface area (Å²) in [6.45, 7) is 0.166. The van der Waals surface area contributed by atoms with Gasteiger partial charge in [-0.1, -0.05) is 28.1 Å². The molecule has 0 radical (unpaired) electrons. The van der Waals surface area contributed by atoms with Crippen LogP contribution in [0.25, 0.3) is 0 Å². The molecule has 0 aliphatic heterocycles. The Morgan fingerprint density at radius 2 is 1.80 bits per heavy atom. The largest absolute Gasteiger partial charge is 0.483 e. The van der Waals surface area contributed by atoms with E-state index in [4.69, 9.17) is 9.84 Å². The molecule has 0 atom stereocenters. The standard InChI is InChI=1S/C18H19BrN2O4/c19-13-6-8-14(9-7-13)21-17(23)12-25-16-5-2-1-4-15(16)18(24)20-10-3-11-22/h1-2,4-9,22H,3,10-12H2,(H,20,24)(H,21,23). The Morgan fingerprint density at radius 1 is 1.08 bits per heavy atom. The van der Waals surface area contributed by atoms with Gasteiger partial charge in [-0.2, -0.15) is 0 Å². The summed E-state index contributed by atoms with van der Waals surface area (Å²) in [5.74, 6) is -0.301. The van der Waals surface area contributed by atoms with Gasteiger partial charge in [0, 0.05) is 23.3 Å². The van der Waals surface area contributed by atoms with Gasteiger partial charge in [-0.15, -0.1) is 0 Å². The van der Waals surface area contributed by atoms with E-state index in [2.05, 4.69) is 26.6 Å². The molecule has 2 aromatic carbocycles. The van der Waals surface area contributed by atoms with Gasteiger partial charge in [-0.05, 0) is 42.8 Å². The van der Waals surface area contributed by atoms with Crippen molar-refractivity contribution in [3.63, 3.8) is 0 Å². The van der Waals surface area contributed by atoms with E-state index in [9.17, 15) is 9.59 Å². The Morgan fingerprint density at radius 3 is 2.52 bits per heavy atom. The van der Waals surface area contributed by atoms with Crippen molar-refractivity contribution in [1.29, 1.82) is 0 Å². The van der Waals surface area contributed by atoms with Crippen molar-refractivity contribution in [3.8, 4) is 5.75 Å². The van der Waals surface area contributed by atoms with Crippen LogP contribution in [0, 0.1) is 0 Å². The number of nitrogens with one attached hydrogen (secondary N) is 2. The average Bonchev–Trinajstić information content (AvgIpc) is 2.62. The summed E-state index contributed by atoms with van der Waals surface area (Å²) in [4.78, 5) is 24.1. The molecule has 2 amide bonds. The second-order valence-electron chi connectivity index (χ2n) is 5.17. The van der Waals surface area contributed by atoms with Crippen molar-refractivity contribution < 1.29 is 19.4 Å². The molecule has 0 saturated heterocycles. The molecule has 0 aromatic heterocycles. The number of hydrogen-bond donors (Lipinski definition) is 3. The van der Waals surface area contributed by atoms with Crippen LogP contribution >= 0.6 is 15.9 Å². The van der Waals surface area contributed by atoms with Crippen LogP contribution in [-0.4, -0.2) is 36.7 Å².